The first-order valence-corrected chi connectivity index (χ1v) is 9.81. The minimum absolute atomic E-state index is 0.244. The number of halogens is 1. The van der Waals surface area contributed by atoms with Crippen molar-refractivity contribution in [3.05, 3.63) is 64.2 Å². The van der Waals surface area contributed by atoms with Crippen LogP contribution < -0.4 is 4.74 Å². The van der Waals surface area contributed by atoms with Gasteiger partial charge in [-0.05, 0) is 37.6 Å². The molecular weight excluding hydrogens is 362 g/mol. The first-order valence-electron chi connectivity index (χ1n) is 9.43. The second-order valence-corrected chi connectivity index (χ2v) is 7.81. The molecule has 0 amide bonds. The zero-order valence-corrected chi connectivity index (χ0v) is 16.3. The Balaban J connectivity index is 1.73. The number of carbonyl (C=O) groups excluding carboxylic acids is 1. The van der Waals surface area contributed by atoms with Crippen LogP contribution in [-0.4, -0.2) is 24.5 Å². The van der Waals surface area contributed by atoms with Crippen LogP contribution in [0, 0.1) is 0 Å². The number of carbonyl (C=O) groups is 1. The van der Waals surface area contributed by atoms with Gasteiger partial charge in [-0.1, -0.05) is 48.4 Å². The largest absolute Gasteiger partial charge is 0.467 e. The second-order valence-electron chi connectivity index (χ2n) is 7.38. The molecule has 1 aliphatic heterocycles. The van der Waals surface area contributed by atoms with Crippen molar-refractivity contribution in [3.8, 4) is 5.75 Å². The smallest absolute Gasteiger partial charge is 0.189 e. The molecule has 142 valence electrons. The Hall–Kier alpha value is -1.88. The molecule has 0 unspecified atom stereocenters. The van der Waals surface area contributed by atoms with E-state index >= 15 is 0 Å². The van der Waals surface area contributed by atoms with Gasteiger partial charge in [0.05, 0.1) is 6.61 Å². The molecule has 0 aromatic heterocycles. The van der Waals surface area contributed by atoms with E-state index in [0.29, 0.717) is 30.4 Å². The number of Topliss-reactive ketones (excluding diaryl/α,β-unsaturated/α-hetero) is 1. The molecule has 1 heterocycles. The second kappa shape index (κ2) is 7.63. The zero-order valence-electron chi connectivity index (χ0n) is 15.5. The molecule has 2 aromatic carbocycles. The van der Waals surface area contributed by atoms with Crippen LogP contribution in [0.5, 0.6) is 5.75 Å². The van der Waals surface area contributed by atoms with Gasteiger partial charge >= 0.3 is 0 Å². The Morgan fingerprint density at radius 2 is 2.00 bits per heavy atom. The fraction of sp³-hybridized carbons (Fsp3) is 0.409. The van der Waals surface area contributed by atoms with Crippen LogP contribution in [-0.2, 0) is 28.2 Å². The summed E-state index contributed by atoms with van der Waals surface area (Å²) in [6, 6.07) is 14.0. The van der Waals surface area contributed by atoms with E-state index in [-0.39, 0.29) is 6.79 Å². The van der Waals surface area contributed by atoms with Crippen LogP contribution in [0.2, 0.25) is 5.02 Å². The number of fused-ring (bicyclic) bond motifs is 1. The van der Waals surface area contributed by atoms with Gasteiger partial charge in [-0.2, -0.15) is 0 Å². The minimum Gasteiger partial charge on any atom is -0.467 e. The Morgan fingerprint density at radius 1 is 1.19 bits per heavy atom. The number of benzene rings is 2. The summed E-state index contributed by atoms with van der Waals surface area (Å²) in [5, 5.41) is 0.662. The van der Waals surface area contributed by atoms with Gasteiger partial charge in [0.2, 0.25) is 0 Å². The van der Waals surface area contributed by atoms with Crippen molar-refractivity contribution in [2.24, 2.45) is 0 Å². The van der Waals surface area contributed by atoms with Crippen LogP contribution in [0.1, 0.15) is 42.4 Å². The van der Waals surface area contributed by atoms with E-state index < -0.39 is 5.54 Å². The van der Waals surface area contributed by atoms with Crippen molar-refractivity contribution >= 4 is 17.4 Å². The lowest BCUT2D eigenvalue weighted by atomic mass is 9.74. The quantitative estimate of drug-likeness (QED) is 0.766. The summed E-state index contributed by atoms with van der Waals surface area (Å²) in [5.41, 5.74) is 2.43. The van der Waals surface area contributed by atoms with E-state index in [9.17, 15) is 4.79 Å². The zero-order chi connectivity index (χ0) is 18.9. The molecule has 0 bridgehead atoms. The van der Waals surface area contributed by atoms with Crippen LogP contribution in [0.4, 0.5) is 0 Å². The van der Waals surface area contributed by atoms with Gasteiger partial charge in [0.15, 0.2) is 12.6 Å². The van der Waals surface area contributed by atoms with Crippen LogP contribution in [0.15, 0.2) is 42.5 Å². The molecule has 4 nitrogen and oxygen atoms in total. The molecule has 27 heavy (non-hydrogen) atoms. The molecule has 4 rings (SSSR count). The molecule has 1 saturated carbocycles. The Bertz CT molecular complexity index is 839. The third-order valence-electron chi connectivity index (χ3n) is 5.72. The summed E-state index contributed by atoms with van der Waals surface area (Å²) in [5.74, 6) is 1.13. The molecular formula is C22H24ClNO3. The summed E-state index contributed by atoms with van der Waals surface area (Å²) < 4.78 is 11.2. The minimum atomic E-state index is -0.597. The lowest BCUT2D eigenvalue weighted by Crippen LogP contribution is -2.51. The first kappa shape index (κ1) is 18.5. The number of hydrogen-bond acceptors (Lipinski definition) is 4. The molecule has 1 aliphatic carbocycles. The predicted molar refractivity (Wildman–Crippen MR) is 105 cm³/mol. The van der Waals surface area contributed by atoms with Crippen molar-refractivity contribution in [1.82, 2.24) is 4.90 Å². The van der Waals surface area contributed by atoms with Crippen LogP contribution in [0.25, 0.3) is 0 Å². The first-order chi connectivity index (χ1) is 13.1. The number of ether oxygens (including phenoxy) is 2. The fourth-order valence-electron chi connectivity index (χ4n) is 4.42. The summed E-state index contributed by atoms with van der Waals surface area (Å²) in [6.45, 7) is 1.33. The van der Waals surface area contributed by atoms with Crippen molar-refractivity contribution in [1.29, 1.82) is 0 Å². The molecule has 0 spiro atoms. The summed E-state index contributed by atoms with van der Waals surface area (Å²) in [6.07, 6.45) is 3.47. The highest BCUT2D eigenvalue weighted by Gasteiger charge is 2.44. The number of rotatable bonds is 4. The number of hydrogen-bond donors (Lipinski definition) is 0. The SMILES string of the molecule is CN(Cc1cc(Cl)cc2c1OCOC2)[C@@]1(c2ccccc2)CCCCC1=O. The highest BCUT2D eigenvalue weighted by atomic mass is 35.5. The lowest BCUT2D eigenvalue weighted by molar-refractivity contribution is -0.134. The van der Waals surface area contributed by atoms with Gasteiger partial charge in [-0.15, -0.1) is 0 Å². The normalized spacial score (nSPS) is 22.4. The summed E-state index contributed by atoms with van der Waals surface area (Å²) in [4.78, 5) is 15.4. The molecule has 0 radical (unpaired) electrons. The highest BCUT2D eigenvalue weighted by molar-refractivity contribution is 6.30. The maximum absolute atomic E-state index is 13.2. The molecule has 2 aromatic rings. The van der Waals surface area contributed by atoms with Gasteiger partial charge in [0.25, 0.3) is 0 Å². The van der Waals surface area contributed by atoms with Gasteiger partial charge < -0.3 is 9.47 Å². The van der Waals surface area contributed by atoms with Gasteiger partial charge in [0, 0.05) is 29.1 Å². The standard InChI is InChI=1S/C22H24ClNO3/c1-24(13-16-11-19(23)12-17-14-26-15-27-21(16)17)22(10-6-5-9-20(22)25)18-7-3-2-4-8-18/h2-4,7-8,11-12H,5-6,9-10,13-15H2,1H3/t22-/m1/s1. The average Bonchev–Trinajstić information content (AvgIpc) is 2.69. The lowest BCUT2D eigenvalue weighted by Gasteiger charge is -2.44. The van der Waals surface area contributed by atoms with Crippen molar-refractivity contribution in [3.63, 3.8) is 0 Å². The van der Waals surface area contributed by atoms with Crippen molar-refractivity contribution in [2.45, 2.75) is 44.4 Å². The van der Waals surface area contributed by atoms with E-state index in [2.05, 4.69) is 17.0 Å². The fourth-order valence-corrected chi connectivity index (χ4v) is 4.68. The Kier molecular flexibility index (Phi) is 5.22. The van der Waals surface area contributed by atoms with E-state index in [4.69, 9.17) is 21.1 Å². The van der Waals surface area contributed by atoms with Gasteiger partial charge in [-0.25, -0.2) is 0 Å². The van der Waals surface area contributed by atoms with Crippen LogP contribution >= 0.6 is 11.6 Å². The van der Waals surface area contributed by atoms with E-state index in [1.807, 2.05) is 37.4 Å². The van der Waals surface area contributed by atoms with E-state index in [0.717, 1.165) is 41.7 Å². The number of likely N-dealkylation sites (N-methyl/N-ethyl adjacent to an activating group) is 1. The predicted octanol–water partition coefficient (Wildman–Crippen LogP) is 4.68. The summed E-state index contributed by atoms with van der Waals surface area (Å²) >= 11 is 6.33. The summed E-state index contributed by atoms with van der Waals surface area (Å²) in [7, 11) is 2.03. The van der Waals surface area contributed by atoms with Crippen LogP contribution in [0.3, 0.4) is 0 Å². The van der Waals surface area contributed by atoms with Gasteiger partial charge in [0.1, 0.15) is 11.3 Å². The van der Waals surface area contributed by atoms with Crippen molar-refractivity contribution in [2.75, 3.05) is 13.8 Å². The Morgan fingerprint density at radius 3 is 2.78 bits per heavy atom. The third-order valence-corrected chi connectivity index (χ3v) is 5.93. The molecule has 0 N–H and O–H groups in total. The van der Waals surface area contributed by atoms with E-state index in [1.165, 1.54) is 0 Å². The maximum atomic E-state index is 13.2. The highest BCUT2D eigenvalue weighted by Crippen LogP contribution is 2.41. The molecule has 2 aliphatic rings. The number of ketones is 1. The Labute approximate surface area is 165 Å². The molecule has 1 fully saturated rings. The average molecular weight is 386 g/mol. The van der Waals surface area contributed by atoms with Crippen molar-refractivity contribution < 1.29 is 14.3 Å². The monoisotopic (exact) mass is 385 g/mol. The molecule has 0 saturated heterocycles. The number of nitrogens with zero attached hydrogens (tertiary/aromatic N) is 1. The van der Waals surface area contributed by atoms with E-state index in [1.54, 1.807) is 0 Å². The molecule has 5 heteroatoms. The van der Waals surface area contributed by atoms with Gasteiger partial charge in [-0.3, -0.25) is 9.69 Å². The maximum Gasteiger partial charge on any atom is 0.189 e. The topological polar surface area (TPSA) is 38.8 Å². The molecule has 1 atom stereocenters. The third kappa shape index (κ3) is 3.38.